The van der Waals surface area contributed by atoms with Crippen molar-refractivity contribution in [1.29, 1.82) is 0 Å². The van der Waals surface area contributed by atoms with Gasteiger partial charge in [-0.25, -0.2) is 13.2 Å². The van der Waals surface area contributed by atoms with E-state index in [1.807, 2.05) is 0 Å². The molecule has 0 amide bonds. The molecule has 110 valence electrons. The van der Waals surface area contributed by atoms with Crippen LogP contribution in [0.2, 0.25) is 0 Å². The molecule has 2 aromatic rings. The van der Waals surface area contributed by atoms with Gasteiger partial charge in [-0.2, -0.15) is 0 Å². The molecule has 0 spiro atoms. The Balaban J connectivity index is 1.91. The molecule has 1 aromatic carbocycles. The van der Waals surface area contributed by atoms with Gasteiger partial charge in [0.1, 0.15) is 17.8 Å². The zero-order chi connectivity index (χ0) is 14.8. The van der Waals surface area contributed by atoms with Gasteiger partial charge in [-0.15, -0.1) is 0 Å². The van der Waals surface area contributed by atoms with E-state index < -0.39 is 17.8 Å². The van der Waals surface area contributed by atoms with Crippen LogP contribution >= 0.6 is 0 Å². The van der Waals surface area contributed by atoms with E-state index in [1.54, 1.807) is 18.3 Å². The molecule has 3 rings (SSSR count). The number of hydrogen-bond acceptors (Lipinski definition) is 1. The van der Waals surface area contributed by atoms with Gasteiger partial charge in [0.05, 0.1) is 0 Å². The number of benzene rings is 1. The summed E-state index contributed by atoms with van der Waals surface area (Å²) >= 11 is 0. The second kappa shape index (κ2) is 5.88. The molecule has 21 heavy (non-hydrogen) atoms. The number of halogens is 3. The maximum atomic E-state index is 13.8. The number of alkyl halides is 1. The monoisotopic (exact) mass is 291 g/mol. The Morgan fingerprint density at radius 3 is 2.48 bits per heavy atom. The normalized spacial score (nSPS) is 22.2. The molecule has 4 heteroatoms. The molecular weight excluding hydrogens is 275 g/mol. The van der Waals surface area contributed by atoms with E-state index in [0.29, 0.717) is 18.4 Å². The van der Waals surface area contributed by atoms with E-state index in [4.69, 9.17) is 0 Å². The zero-order valence-corrected chi connectivity index (χ0v) is 11.5. The summed E-state index contributed by atoms with van der Waals surface area (Å²) in [6.07, 6.45) is 3.49. The van der Waals surface area contributed by atoms with Gasteiger partial charge in [0, 0.05) is 23.4 Å². The second-order valence-corrected chi connectivity index (χ2v) is 5.54. The molecule has 1 nitrogen and oxygen atoms in total. The Morgan fingerprint density at radius 2 is 1.71 bits per heavy atom. The number of hydrogen-bond donors (Lipinski definition) is 0. The van der Waals surface area contributed by atoms with Crippen molar-refractivity contribution in [3.8, 4) is 11.1 Å². The molecular formula is C17H16F3N. The van der Waals surface area contributed by atoms with Crippen molar-refractivity contribution in [1.82, 2.24) is 4.98 Å². The van der Waals surface area contributed by atoms with E-state index in [9.17, 15) is 13.2 Å². The summed E-state index contributed by atoms with van der Waals surface area (Å²) in [4.78, 5) is 4.33. The molecule has 0 bridgehead atoms. The molecule has 1 aromatic heterocycles. The molecule has 0 saturated heterocycles. The van der Waals surface area contributed by atoms with E-state index in [2.05, 4.69) is 4.98 Å². The van der Waals surface area contributed by atoms with Crippen molar-refractivity contribution in [2.45, 2.75) is 37.8 Å². The first-order chi connectivity index (χ1) is 10.1. The van der Waals surface area contributed by atoms with Gasteiger partial charge >= 0.3 is 0 Å². The molecule has 1 heterocycles. The highest BCUT2D eigenvalue weighted by molar-refractivity contribution is 5.64. The van der Waals surface area contributed by atoms with Crippen LogP contribution in [0, 0.1) is 11.6 Å². The Morgan fingerprint density at radius 1 is 0.952 bits per heavy atom. The minimum absolute atomic E-state index is 0.202. The maximum absolute atomic E-state index is 13.8. The van der Waals surface area contributed by atoms with Crippen LogP contribution in [0.25, 0.3) is 11.1 Å². The minimum atomic E-state index is -0.718. The fraction of sp³-hybridized carbons (Fsp3) is 0.353. The van der Waals surface area contributed by atoms with Gasteiger partial charge in [0.25, 0.3) is 0 Å². The summed E-state index contributed by atoms with van der Waals surface area (Å²) in [7, 11) is 0. The molecule has 1 fully saturated rings. The van der Waals surface area contributed by atoms with Crippen LogP contribution < -0.4 is 0 Å². The SMILES string of the molecule is Fc1ccc(F)c(-c2ccnc(C3CCC(F)CC3)c2)c1. The molecule has 0 unspecified atom stereocenters. The third-order valence-electron chi connectivity index (χ3n) is 4.10. The predicted molar refractivity (Wildman–Crippen MR) is 75.7 cm³/mol. The Labute approximate surface area is 121 Å². The van der Waals surface area contributed by atoms with E-state index in [-0.39, 0.29) is 11.5 Å². The number of nitrogens with zero attached hydrogens (tertiary/aromatic N) is 1. The summed E-state index contributed by atoms with van der Waals surface area (Å²) in [6, 6.07) is 6.87. The lowest BCUT2D eigenvalue weighted by Crippen LogP contribution is -2.14. The number of pyridine rings is 1. The average molecular weight is 291 g/mol. The Kier molecular flexibility index (Phi) is 3.95. The molecule has 1 aliphatic rings. The predicted octanol–water partition coefficient (Wildman–Crippen LogP) is 5.02. The van der Waals surface area contributed by atoms with Gasteiger partial charge in [-0.1, -0.05) is 0 Å². The fourth-order valence-corrected chi connectivity index (χ4v) is 2.91. The third kappa shape index (κ3) is 3.09. The summed E-state index contributed by atoms with van der Waals surface area (Å²) in [5, 5.41) is 0. The van der Waals surface area contributed by atoms with Crippen molar-refractivity contribution in [2.24, 2.45) is 0 Å². The van der Waals surface area contributed by atoms with Crippen LogP contribution in [0.1, 0.15) is 37.3 Å². The Hall–Kier alpha value is -1.84. The maximum Gasteiger partial charge on any atom is 0.131 e. The lowest BCUT2D eigenvalue weighted by molar-refractivity contribution is 0.234. The van der Waals surface area contributed by atoms with Crippen molar-refractivity contribution >= 4 is 0 Å². The fourth-order valence-electron chi connectivity index (χ4n) is 2.91. The third-order valence-corrected chi connectivity index (χ3v) is 4.10. The van der Waals surface area contributed by atoms with Crippen LogP contribution in [0.5, 0.6) is 0 Å². The second-order valence-electron chi connectivity index (χ2n) is 5.54. The molecule has 0 atom stereocenters. The van der Waals surface area contributed by atoms with Gasteiger partial charge in [0.2, 0.25) is 0 Å². The molecule has 0 aliphatic heterocycles. The van der Waals surface area contributed by atoms with Crippen LogP contribution in [-0.2, 0) is 0 Å². The van der Waals surface area contributed by atoms with Crippen LogP contribution in [0.3, 0.4) is 0 Å². The minimum Gasteiger partial charge on any atom is -0.261 e. The molecule has 0 radical (unpaired) electrons. The summed E-state index contributed by atoms with van der Waals surface area (Å²) in [6.45, 7) is 0. The lowest BCUT2D eigenvalue weighted by atomic mass is 9.85. The first-order valence-electron chi connectivity index (χ1n) is 7.19. The topological polar surface area (TPSA) is 12.9 Å². The van der Waals surface area contributed by atoms with Crippen LogP contribution in [0.4, 0.5) is 13.2 Å². The molecule has 0 N–H and O–H groups in total. The average Bonchev–Trinajstić information content (AvgIpc) is 2.50. The van der Waals surface area contributed by atoms with Crippen molar-refractivity contribution in [2.75, 3.05) is 0 Å². The smallest absolute Gasteiger partial charge is 0.131 e. The van der Waals surface area contributed by atoms with E-state index in [0.717, 1.165) is 30.7 Å². The van der Waals surface area contributed by atoms with E-state index >= 15 is 0 Å². The Bertz CT molecular complexity index is 634. The van der Waals surface area contributed by atoms with Crippen molar-refractivity contribution in [3.63, 3.8) is 0 Å². The first-order valence-corrected chi connectivity index (χ1v) is 7.19. The molecule has 1 aliphatic carbocycles. The van der Waals surface area contributed by atoms with Crippen LogP contribution in [-0.4, -0.2) is 11.2 Å². The molecule has 1 saturated carbocycles. The highest BCUT2D eigenvalue weighted by Crippen LogP contribution is 2.34. The summed E-state index contributed by atoms with van der Waals surface area (Å²) in [5.41, 5.74) is 1.68. The first kappa shape index (κ1) is 14.1. The number of aromatic nitrogens is 1. The number of rotatable bonds is 2. The van der Waals surface area contributed by atoms with Gasteiger partial charge in [-0.05, 0) is 61.6 Å². The van der Waals surface area contributed by atoms with E-state index in [1.165, 1.54) is 6.07 Å². The van der Waals surface area contributed by atoms with Crippen LogP contribution in [0.15, 0.2) is 36.5 Å². The highest BCUT2D eigenvalue weighted by Gasteiger charge is 2.23. The van der Waals surface area contributed by atoms with Gasteiger partial charge in [0.15, 0.2) is 0 Å². The largest absolute Gasteiger partial charge is 0.261 e. The van der Waals surface area contributed by atoms with Crippen molar-refractivity contribution in [3.05, 3.63) is 53.9 Å². The van der Waals surface area contributed by atoms with Crippen molar-refractivity contribution < 1.29 is 13.2 Å². The standard InChI is InChI=1S/C17H16F3N/c18-13-3-1-11(2-4-13)17-9-12(7-8-21-17)15-10-14(19)5-6-16(15)20/h5-11,13H,1-4H2. The zero-order valence-electron chi connectivity index (χ0n) is 11.5. The van der Waals surface area contributed by atoms with Gasteiger partial charge in [-0.3, -0.25) is 4.98 Å². The van der Waals surface area contributed by atoms with Gasteiger partial charge < -0.3 is 0 Å². The quantitative estimate of drug-likeness (QED) is 0.757. The summed E-state index contributed by atoms with van der Waals surface area (Å²) in [5.74, 6) is -0.725. The summed E-state index contributed by atoms with van der Waals surface area (Å²) < 4.78 is 40.4. The lowest BCUT2D eigenvalue weighted by Gasteiger charge is -2.24. The highest BCUT2D eigenvalue weighted by atomic mass is 19.1.